The predicted molar refractivity (Wildman–Crippen MR) is 71.4 cm³/mol. The normalized spacial score (nSPS) is 39.0. The highest BCUT2D eigenvalue weighted by atomic mass is 79.9. The van der Waals surface area contributed by atoms with Gasteiger partial charge in [0.15, 0.2) is 4.32 Å². The molecule has 1 unspecified atom stereocenters. The Morgan fingerprint density at radius 3 is 2.61 bits per heavy atom. The van der Waals surface area contributed by atoms with Crippen molar-refractivity contribution < 1.29 is 19.4 Å². The van der Waals surface area contributed by atoms with Crippen molar-refractivity contribution in [2.24, 2.45) is 0 Å². The summed E-state index contributed by atoms with van der Waals surface area (Å²) in [5, 5.41) is 9.53. The predicted octanol–water partition coefficient (Wildman–Crippen LogP) is 0.736. The zero-order valence-corrected chi connectivity index (χ0v) is 13.0. The van der Waals surface area contributed by atoms with Crippen molar-refractivity contribution in [3.63, 3.8) is 0 Å². The summed E-state index contributed by atoms with van der Waals surface area (Å²) >= 11 is 4.85. The number of β-lactam (4-membered cyclic amide) rings is 1. The van der Waals surface area contributed by atoms with Gasteiger partial charge in [-0.25, -0.2) is 4.79 Å². The fourth-order valence-electron chi connectivity index (χ4n) is 2.52. The Morgan fingerprint density at radius 2 is 2.17 bits per heavy atom. The lowest BCUT2D eigenvalue weighted by atomic mass is 9.88. The molecule has 0 aromatic rings. The molecule has 2 saturated heterocycles. The van der Waals surface area contributed by atoms with Crippen LogP contribution in [-0.4, -0.2) is 55.6 Å². The van der Waals surface area contributed by atoms with Gasteiger partial charge in [0, 0.05) is 4.75 Å². The smallest absolute Gasteiger partial charge is 0.330 e. The van der Waals surface area contributed by atoms with E-state index in [1.165, 1.54) is 23.8 Å². The van der Waals surface area contributed by atoms with Crippen LogP contribution >= 0.6 is 27.7 Å². The molecule has 0 aromatic carbocycles. The number of ether oxygens (including phenoxy) is 1. The second-order valence-electron chi connectivity index (χ2n) is 5.16. The Morgan fingerprint density at radius 1 is 1.61 bits per heavy atom. The summed E-state index contributed by atoms with van der Waals surface area (Å²) in [6, 6.07) is -0.602. The number of hydrogen-bond donors (Lipinski definition) is 1. The number of alkyl halides is 1. The average molecular weight is 338 g/mol. The minimum Gasteiger partial charge on any atom is -0.467 e. The van der Waals surface area contributed by atoms with E-state index in [0.29, 0.717) is 0 Å². The number of hydrogen-bond acceptors (Lipinski definition) is 5. The van der Waals surface area contributed by atoms with Crippen molar-refractivity contribution in [1.82, 2.24) is 4.90 Å². The second kappa shape index (κ2) is 4.11. The molecular formula is C11H16BrNO4S. The van der Waals surface area contributed by atoms with Gasteiger partial charge in [-0.15, -0.1) is 11.8 Å². The molecule has 18 heavy (non-hydrogen) atoms. The van der Waals surface area contributed by atoms with Gasteiger partial charge in [-0.05, 0) is 20.8 Å². The van der Waals surface area contributed by atoms with Crippen LogP contribution in [-0.2, 0) is 14.3 Å². The Kier molecular flexibility index (Phi) is 3.23. The number of carbonyl (C=O) groups is 2. The highest BCUT2D eigenvalue weighted by molar-refractivity contribution is 9.10. The SMILES string of the molecule is COC(=O)[C@@H]1N2C(=O)C(Br)([C@@H](C)O)[C@H]2SC1(C)C. The van der Waals surface area contributed by atoms with Crippen LogP contribution in [0.5, 0.6) is 0 Å². The minimum atomic E-state index is -0.988. The Labute approximate surface area is 118 Å². The first-order valence-corrected chi connectivity index (χ1v) is 7.30. The maximum atomic E-state index is 12.2. The minimum absolute atomic E-state index is 0.246. The standard InChI is InChI=1S/C11H16BrNO4S/c1-5(14)11(12)8(16)13-6(7(15)17-4)10(2,3)18-9(11)13/h5-6,9,14H,1-4H3/t5-,6+,9-,11?/m1/s1. The molecule has 2 aliphatic heterocycles. The first-order chi connectivity index (χ1) is 8.17. The number of rotatable bonds is 2. The van der Waals surface area contributed by atoms with Crippen molar-refractivity contribution in [1.29, 1.82) is 0 Å². The van der Waals surface area contributed by atoms with Crippen LogP contribution in [0.15, 0.2) is 0 Å². The van der Waals surface area contributed by atoms with Gasteiger partial charge in [0.25, 0.3) is 0 Å². The maximum absolute atomic E-state index is 12.2. The number of carbonyl (C=O) groups excluding carboxylic acids is 2. The van der Waals surface area contributed by atoms with E-state index < -0.39 is 27.2 Å². The molecule has 2 fully saturated rings. The van der Waals surface area contributed by atoms with Crippen LogP contribution in [0.4, 0.5) is 0 Å². The van der Waals surface area contributed by atoms with Crippen LogP contribution in [0.3, 0.4) is 0 Å². The number of methoxy groups -OCH3 is 1. The maximum Gasteiger partial charge on any atom is 0.330 e. The van der Waals surface area contributed by atoms with Crippen LogP contribution < -0.4 is 0 Å². The zero-order chi connectivity index (χ0) is 13.9. The largest absolute Gasteiger partial charge is 0.467 e. The Balaban J connectivity index is 2.36. The molecule has 0 radical (unpaired) electrons. The quantitative estimate of drug-likeness (QED) is 0.457. The molecule has 1 amide bonds. The third-order valence-electron chi connectivity index (χ3n) is 3.56. The number of thioether (sulfide) groups is 1. The summed E-state index contributed by atoms with van der Waals surface area (Å²) in [4.78, 5) is 25.6. The van der Waals surface area contributed by atoms with Crippen LogP contribution in [0.2, 0.25) is 0 Å². The third kappa shape index (κ3) is 1.56. The molecule has 0 aromatic heterocycles. The lowest BCUT2D eigenvalue weighted by Gasteiger charge is -2.51. The first-order valence-electron chi connectivity index (χ1n) is 5.63. The van der Waals surface area contributed by atoms with Crippen molar-refractivity contribution >= 4 is 39.6 Å². The number of aliphatic hydroxyl groups excluding tert-OH is 1. The molecule has 4 atom stereocenters. The molecule has 2 rings (SSSR count). The molecule has 0 saturated carbocycles. The molecule has 7 heteroatoms. The molecule has 102 valence electrons. The summed E-state index contributed by atoms with van der Waals surface area (Å²) in [6.07, 6.45) is -0.814. The van der Waals surface area contributed by atoms with E-state index in [2.05, 4.69) is 15.9 Å². The summed E-state index contributed by atoms with van der Waals surface area (Å²) in [5.41, 5.74) is 0. The van der Waals surface area contributed by atoms with Gasteiger partial charge in [-0.3, -0.25) is 4.79 Å². The van der Waals surface area contributed by atoms with Gasteiger partial charge in [-0.1, -0.05) is 15.9 Å². The lowest BCUT2D eigenvalue weighted by molar-refractivity contribution is -0.165. The van der Waals surface area contributed by atoms with E-state index in [1.807, 2.05) is 13.8 Å². The van der Waals surface area contributed by atoms with Crippen LogP contribution in [0, 0.1) is 0 Å². The number of halogens is 1. The van der Waals surface area contributed by atoms with Gasteiger partial charge in [0.05, 0.1) is 13.2 Å². The number of esters is 1. The van der Waals surface area contributed by atoms with Gasteiger partial charge in [-0.2, -0.15) is 0 Å². The number of aliphatic hydroxyl groups is 1. The van der Waals surface area contributed by atoms with Crippen molar-refractivity contribution in [3.05, 3.63) is 0 Å². The number of amides is 1. The van der Waals surface area contributed by atoms with Crippen LogP contribution in [0.1, 0.15) is 20.8 Å². The summed E-state index contributed by atoms with van der Waals surface area (Å²) in [5.74, 6) is -0.667. The molecule has 0 bridgehead atoms. The van der Waals surface area contributed by atoms with E-state index in [0.717, 1.165) is 0 Å². The van der Waals surface area contributed by atoms with Gasteiger partial charge >= 0.3 is 5.97 Å². The van der Waals surface area contributed by atoms with E-state index in [4.69, 9.17) is 4.74 Å². The molecular weight excluding hydrogens is 322 g/mol. The van der Waals surface area contributed by atoms with Crippen molar-refractivity contribution in [3.8, 4) is 0 Å². The van der Waals surface area contributed by atoms with Crippen molar-refractivity contribution in [2.45, 2.75) is 47.4 Å². The summed E-state index contributed by atoms with van der Waals surface area (Å²) in [6.45, 7) is 5.38. The van der Waals surface area contributed by atoms with Crippen LogP contribution in [0.25, 0.3) is 0 Å². The summed E-state index contributed by atoms with van der Waals surface area (Å²) in [7, 11) is 1.32. The third-order valence-corrected chi connectivity index (χ3v) is 6.95. The van der Waals surface area contributed by atoms with Gasteiger partial charge < -0.3 is 14.7 Å². The van der Waals surface area contributed by atoms with Gasteiger partial charge in [0.2, 0.25) is 5.91 Å². The number of nitrogens with zero attached hydrogens (tertiary/aromatic N) is 1. The monoisotopic (exact) mass is 337 g/mol. The highest BCUT2D eigenvalue weighted by Crippen LogP contribution is 2.59. The fraction of sp³-hybridized carbons (Fsp3) is 0.818. The first kappa shape index (κ1) is 14.1. The lowest BCUT2D eigenvalue weighted by Crippen LogP contribution is -2.74. The molecule has 0 aliphatic carbocycles. The summed E-state index contributed by atoms with van der Waals surface area (Å²) < 4.78 is 3.35. The highest BCUT2D eigenvalue weighted by Gasteiger charge is 2.72. The van der Waals surface area contributed by atoms with E-state index in [1.54, 1.807) is 6.92 Å². The Bertz CT molecular complexity index is 414. The zero-order valence-electron chi connectivity index (χ0n) is 10.6. The molecule has 2 heterocycles. The van der Waals surface area contributed by atoms with Crippen molar-refractivity contribution in [2.75, 3.05) is 7.11 Å². The average Bonchev–Trinajstić information content (AvgIpc) is 2.56. The molecule has 1 N–H and O–H groups in total. The van der Waals surface area contributed by atoms with E-state index in [-0.39, 0.29) is 11.3 Å². The fourth-order valence-corrected chi connectivity index (χ4v) is 4.94. The second-order valence-corrected chi connectivity index (χ2v) is 8.20. The molecule has 0 spiro atoms. The number of fused-ring (bicyclic) bond motifs is 1. The van der Waals surface area contributed by atoms with E-state index in [9.17, 15) is 14.7 Å². The molecule has 5 nitrogen and oxygen atoms in total. The topological polar surface area (TPSA) is 66.8 Å². The van der Waals surface area contributed by atoms with E-state index >= 15 is 0 Å². The Hall–Kier alpha value is -0.270. The van der Waals surface area contributed by atoms with Gasteiger partial charge in [0.1, 0.15) is 11.4 Å². The molecule has 2 aliphatic rings.